The molecular formula is C24H31N3O3. The van der Waals surface area contributed by atoms with Crippen LogP contribution in [0, 0.1) is 0 Å². The van der Waals surface area contributed by atoms with Gasteiger partial charge in [0.25, 0.3) is 11.8 Å². The molecule has 2 aromatic carbocycles. The maximum Gasteiger partial charge on any atom is 0.265 e. The Bertz CT molecular complexity index is 872. The summed E-state index contributed by atoms with van der Waals surface area (Å²) in [5, 5.41) is 2.85. The number of carbonyl (C=O) groups is 2. The van der Waals surface area contributed by atoms with Crippen LogP contribution < -0.4 is 10.1 Å². The van der Waals surface area contributed by atoms with Crippen LogP contribution in [0.5, 0.6) is 5.75 Å². The molecule has 0 radical (unpaired) electrons. The van der Waals surface area contributed by atoms with Crippen molar-refractivity contribution in [1.82, 2.24) is 9.80 Å². The predicted octanol–water partition coefficient (Wildman–Crippen LogP) is 3.60. The van der Waals surface area contributed by atoms with Gasteiger partial charge in [-0.1, -0.05) is 32.0 Å². The average Bonchev–Trinajstić information content (AvgIpc) is 2.74. The van der Waals surface area contributed by atoms with E-state index in [1.165, 1.54) is 5.56 Å². The van der Waals surface area contributed by atoms with E-state index < -0.39 is 6.10 Å². The number of nitrogens with one attached hydrogen (secondary N) is 1. The summed E-state index contributed by atoms with van der Waals surface area (Å²) in [4.78, 5) is 29.4. The van der Waals surface area contributed by atoms with Crippen molar-refractivity contribution in [2.24, 2.45) is 0 Å². The smallest absolute Gasteiger partial charge is 0.265 e. The molecule has 1 N–H and O–H groups in total. The van der Waals surface area contributed by atoms with E-state index in [4.69, 9.17) is 4.74 Å². The molecular weight excluding hydrogens is 378 g/mol. The molecule has 0 aliphatic carbocycles. The molecule has 0 saturated carbocycles. The standard InChI is InChI=1S/C24H31N3O3/c1-17(2)19-8-10-22(11-9-19)30-18(3)23(28)25-21-7-5-6-20(16-21)24(29)27-14-12-26(4)13-15-27/h5-11,16-18H,12-15H2,1-4H3,(H,25,28). The normalized spacial score (nSPS) is 15.7. The number of hydrogen-bond donors (Lipinski definition) is 1. The van der Waals surface area contributed by atoms with E-state index in [0.29, 0.717) is 36.0 Å². The molecule has 160 valence electrons. The number of nitrogens with zero attached hydrogens (tertiary/aromatic N) is 2. The molecule has 1 aliphatic rings. The van der Waals surface area contributed by atoms with Crippen LogP contribution in [0.2, 0.25) is 0 Å². The highest BCUT2D eigenvalue weighted by Crippen LogP contribution is 2.20. The lowest BCUT2D eigenvalue weighted by Crippen LogP contribution is -2.47. The molecule has 0 bridgehead atoms. The van der Waals surface area contributed by atoms with Gasteiger partial charge >= 0.3 is 0 Å². The topological polar surface area (TPSA) is 61.9 Å². The number of rotatable bonds is 6. The van der Waals surface area contributed by atoms with Crippen molar-refractivity contribution in [3.8, 4) is 5.75 Å². The van der Waals surface area contributed by atoms with Gasteiger partial charge in [-0.05, 0) is 55.8 Å². The summed E-state index contributed by atoms with van der Waals surface area (Å²) in [5.41, 5.74) is 2.39. The van der Waals surface area contributed by atoms with Crippen LogP contribution in [0.15, 0.2) is 48.5 Å². The van der Waals surface area contributed by atoms with Crippen LogP contribution in [-0.4, -0.2) is 60.9 Å². The van der Waals surface area contributed by atoms with Gasteiger partial charge in [-0.15, -0.1) is 0 Å². The molecule has 2 amide bonds. The summed E-state index contributed by atoms with van der Waals surface area (Å²) in [6.45, 7) is 9.15. The van der Waals surface area contributed by atoms with Gasteiger partial charge in [0.1, 0.15) is 5.75 Å². The minimum absolute atomic E-state index is 0.00580. The van der Waals surface area contributed by atoms with Crippen LogP contribution in [0.4, 0.5) is 5.69 Å². The minimum Gasteiger partial charge on any atom is -0.481 e. The van der Waals surface area contributed by atoms with Crippen molar-refractivity contribution in [3.05, 3.63) is 59.7 Å². The molecule has 2 aromatic rings. The van der Waals surface area contributed by atoms with Crippen molar-refractivity contribution < 1.29 is 14.3 Å². The Balaban J connectivity index is 1.59. The molecule has 1 saturated heterocycles. The summed E-state index contributed by atoms with van der Waals surface area (Å²) in [6.07, 6.45) is -0.660. The summed E-state index contributed by atoms with van der Waals surface area (Å²) < 4.78 is 5.77. The Labute approximate surface area is 178 Å². The predicted molar refractivity (Wildman–Crippen MR) is 119 cm³/mol. The van der Waals surface area contributed by atoms with Crippen LogP contribution in [0.25, 0.3) is 0 Å². The first kappa shape index (κ1) is 21.8. The van der Waals surface area contributed by atoms with Crippen molar-refractivity contribution in [1.29, 1.82) is 0 Å². The molecule has 3 rings (SSSR count). The molecule has 6 nitrogen and oxygen atoms in total. The molecule has 1 aliphatic heterocycles. The van der Waals surface area contributed by atoms with E-state index in [9.17, 15) is 9.59 Å². The van der Waals surface area contributed by atoms with E-state index in [1.54, 1.807) is 31.2 Å². The molecule has 1 unspecified atom stereocenters. The second-order valence-electron chi connectivity index (χ2n) is 8.15. The molecule has 1 heterocycles. The van der Waals surface area contributed by atoms with Crippen LogP contribution >= 0.6 is 0 Å². The fourth-order valence-electron chi connectivity index (χ4n) is 3.35. The summed E-state index contributed by atoms with van der Waals surface area (Å²) in [6, 6.07) is 14.9. The Kier molecular flexibility index (Phi) is 7.11. The van der Waals surface area contributed by atoms with Gasteiger partial charge in [-0.25, -0.2) is 0 Å². The lowest BCUT2D eigenvalue weighted by Gasteiger charge is -2.32. The highest BCUT2D eigenvalue weighted by Gasteiger charge is 2.21. The quantitative estimate of drug-likeness (QED) is 0.792. The zero-order valence-corrected chi connectivity index (χ0v) is 18.2. The number of ether oxygens (including phenoxy) is 1. The second kappa shape index (κ2) is 9.76. The molecule has 1 atom stereocenters. The van der Waals surface area contributed by atoms with Crippen molar-refractivity contribution >= 4 is 17.5 Å². The first-order valence-electron chi connectivity index (χ1n) is 10.5. The lowest BCUT2D eigenvalue weighted by molar-refractivity contribution is -0.122. The van der Waals surface area contributed by atoms with E-state index in [0.717, 1.165) is 13.1 Å². The van der Waals surface area contributed by atoms with Crippen LogP contribution in [0.3, 0.4) is 0 Å². The van der Waals surface area contributed by atoms with Gasteiger partial charge in [0.05, 0.1) is 0 Å². The molecule has 30 heavy (non-hydrogen) atoms. The molecule has 1 fully saturated rings. The number of hydrogen-bond acceptors (Lipinski definition) is 4. The number of likely N-dealkylation sites (N-methyl/N-ethyl adjacent to an activating group) is 1. The van der Waals surface area contributed by atoms with Gasteiger partial charge in [-0.2, -0.15) is 0 Å². The van der Waals surface area contributed by atoms with E-state index in [-0.39, 0.29) is 11.8 Å². The molecule has 0 spiro atoms. The van der Waals surface area contributed by atoms with Gasteiger partial charge in [-0.3, -0.25) is 9.59 Å². The van der Waals surface area contributed by atoms with Gasteiger partial charge < -0.3 is 19.9 Å². The Morgan fingerprint density at radius 2 is 1.63 bits per heavy atom. The first-order chi connectivity index (χ1) is 14.3. The number of piperazine rings is 1. The van der Waals surface area contributed by atoms with E-state index >= 15 is 0 Å². The third kappa shape index (κ3) is 5.60. The highest BCUT2D eigenvalue weighted by molar-refractivity contribution is 5.98. The fourth-order valence-corrected chi connectivity index (χ4v) is 3.35. The van der Waals surface area contributed by atoms with Crippen LogP contribution in [-0.2, 0) is 4.79 Å². The van der Waals surface area contributed by atoms with Crippen molar-refractivity contribution in [3.63, 3.8) is 0 Å². The number of carbonyl (C=O) groups excluding carboxylic acids is 2. The molecule has 6 heteroatoms. The van der Waals surface area contributed by atoms with E-state index in [2.05, 4.69) is 31.1 Å². The summed E-state index contributed by atoms with van der Waals surface area (Å²) in [5.74, 6) is 0.836. The maximum absolute atomic E-state index is 12.8. The Morgan fingerprint density at radius 3 is 2.27 bits per heavy atom. The second-order valence-corrected chi connectivity index (χ2v) is 8.15. The Hall–Kier alpha value is -2.86. The summed E-state index contributed by atoms with van der Waals surface area (Å²) in [7, 11) is 2.06. The number of benzene rings is 2. The monoisotopic (exact) mass is 409 g/mol. The first-order valence-corrected chi connectivity index (χ1v) is 10.5. The Morgan fingerprint density at radius 1 is 0.967 bits per heavy atom. The third-order valence-electron chi connectivity index (χ3n) is 5.40. The molecule has 0 aromatic heterocycles. The third-order valence-corrected chi connectivity index (χ3v) is 5.40. The van der Waals surface area contributed by atoms with Crippen molar-refractivity contribution in [2.75, 3.05) is 38.5 Å². The maximum atomic E-state index is 12.8. The van der Waals surface area contributed by atoms with Crippen molar-refractivity contribution in [2.45, 2.75) is 32.8 Å². The van der Waals surface area contributed by atoms with E-state index in [1.807, 2.05) is 29.2 Å². The number of amides is 2. The van der Waals surface area contributed by atoms with Gasteiger partial charge in [0, 0.05) is 37.4 Å². The largest absolute Gasteiger partial charge is 0.481 e. The van der Waals surface area contributed by atoms with Gasteiger partial charge in [0.15, 0.2) is 6.10 Å². The average molecular weight is 410 g/mol. The summed E-state index contributed by atoms with van der Waals surface area (Å²) >= 11 is 0. The zero-order valence-electron chi connectivity index (χ0n) is 18.2. The van der Waals surface area contributed by atoms with Crippen LogP contribution in [0.1, 0.15) is 42.6 Å². The minimum atomic E-state index is -0.660. The fraction of sp³-hybridized carbons (Fsp3) is 0.417. The van der Waals surface area contributed by atoms with Gasteiger partial charge in [0.2, 0.25) is 0 Å². The lowest BCUT2D eigenvalue weighted by atomic mass is 10.0. The number of anilines is 1. The highest BCUT2D eigenvalue weighted by atomic mass is 16.5. The SMILES string of the molecule is CC(Oc1ccc(C(C)C)cc1)C(=O)Nc1cccc(C(=O)N2CCN(C)CC2)c1. The zero-order chi connectivity index (χ0) is 21.7.